The molecule has 1 aromatic rings. The molecule has 0 radical (unpaired) electrons. The first-order chi connectivity index (χ1) is 9.71. The van der Waals surface area contributed by atoms with E-state index in [0.29, 0.717) is 18.1 Å². The number of benzene rings is 1. The van der Waals surface area contributed by atoms with E-state index in [1.165, 1.54) is 0 Å². The summed E-state index contributed by atoms with van der Waals surface area (Å²) >= 11 is 0. The summed E-state index contributed by atoms with van der Waals surface area (Å²) in [6, 6.07) is 5.62. The number of ether oxygens (including phenoxy) is 3. The standard InChI is InChI=1S/C14H22N2O4/c1-15-14(17)10-20-12-5-4-11(8-13(12)19-3)9-16-6-7-18-2/h4-5,8,16H,6-7,9-10H2,1-3H3,(H,15,17). The van der Waals surface area contributed by atoms with E-state index >= 15 is 0 Å². The van der Waals surface area contributed by atoms with Gasteiger partial charge in [-0.25, -0.2) is 0 Å². The summed E-state index contributed by atoms with van der Waals surface area (Å²) in [5.74, 6) is 0.981. The second kappa shape index (κ2) is 9.17. The smallest absolute Gasteiger partial charge is 0.257 e. The summed E-state index contributed by atoms with van der Waals surface area (Å²) in [6.07, 6.45) is 0. The molecule has 1 aromatic carbocycles. The summed E-state index contributed by atoms with van der Waals surface area (Å²) in [5.41, 5.74) is 1.07. The number of likely N-dealkylation sites (N-methyl/N-ethyl adjacent to an activating group) is 1. The van der Waals surface area contributed by atoms with Crippen molar-refractivity contribution in [3.05, 3.63) is 23.8 Å². The molecule has 1 rings (SSSR count). The van der Waals surface area contributed by atoms with Crippen LogP contribution in [0.2, 0.25) is 0 Å². The van der Waals surface area contributed by atoms with Crippen LogP contribution in [-0.2, 0) is 16.1 Å². The van der Waals surface area contributed by atoms with Gasteiger partial charge >= 0.3 is 0 Å². The van der Waals surface area contributed by atoms with Gasteiger partial charge < -0.3 is 24.8 Å². The number of amides is 1. The predicted octanol–water partition coefficient (Wildman–Crippen LogP) is 0.556. The maximum atomic E-state index is 11.2. The maximum absolute atomic E-state index is 11.2. The van der Waals surface area contributed by atoms with Gasteiger partial charge in [0.25, 0.3) is 5.91 Å². The third kappa shape index (κ3) is 5.46. The van der Waals surface area contributed by atoms with Crippen molar-refractivity contribution in [2.75, 3.05) is 41.0 Å². The van der Waals surface area contributed by atoms with Gasteiger partial charge in [-0.05, 0) is 17.7 Å². The summed E-state index contributed by atoms with van der Waals surface area (Å²) in [6.45, 7) is 2.14. The van der Waals surface area contributed by atoms with E-state index in [2.05, 4.69) is 10.6 Å². The van der Waals surface area contributed by atoms with Gasteiger partial charge in [-0.15, -0.1) is 0 Å². The predicted molar refractivity (Wildman–Crippen MR) is 76.1 cm³/mol. The molecule has 6 nitrogen and oxygen atoms in total. The fourth-order valence-electron chi connectivity index (χ4n) is 1.56. The fourth-order valence-corrected chi connectivity index (χ4v) is 1.56. The van der Waals surface area contributed by atoms with Crippen molar-refractivity contribution in [3.63, 3.8) is 0 Å². The molecular weight excluding hydrogens is 260 g/mol. The molecule has 0 aliphatic carbocycles. The van der Waals surface area contributed by atoms with Crippen molar-refractivity contribution in [2.45, 2.75) is 6.54 Å². The van der Waals surface area contributed by atoms with Gasteiger partial charge in [0.1, 0.15) is 0 Å². The Morgan fingerprint density at radius 2 is 2.05 bits per heavy atom. The zero-order valence-electron chi connectivity index (χ0n) is 12.2. The molecule has 0 aromatic heterocycles. The van der Waals surface area contributed by atoms with Gasteiger partial charge in [0.05, 0.1) is 13.7 Å². The average molecular weight is 282 g/mol. The molecule has 0 spiro atoms. The lowest BCUT2D eigenvalue weighted by Gasteiger charge is -2.12. The van der Waals surface area contributed by atoms with Gasteiger partial charge in [-0.1, -0.05) is 6.07 Å². The Bertz CT molecular complexity index is 424. The summed E-state index contributed by atoms with van der Waals surface area (Å²) in [7, 11) is 4.81. The second-order valence-electron chi connectivity index (χ2n) is 4.12. The Hall–Kier alpha value is -1.79. The van der Waals surface area contributed by atoms with E-state index in [1.807, 2.05) is 12.1 Å². The van der Waals surface area contributed by atoms with E-state index < -0.39 is 0 Å². The van der Waals surface area contributed by atoms with Crippen LogP contribution in [0.4, 0.5) is 0 Å². The second-order valence-corrected chi connectivity index (χ2v) is 4.12. The van der Waals surface area contributed by atoms with Crippen LogP contribution in [-0.4, -0.2) is 46.9 Å². The van der Waals surface area contributed by atoms with Crippen molar-refractivity contribution in [3.8, 4) is 11.5 Å². The van der Waals surface area contributed by atoms with Gasteiger partial charge in [-0.3, -0.25) is 4.79 Å². The van der Waals surface area contributed by atoms with Crippen LogP contribution in [0.15, 0.2) is 18.2 Å². The molecule has 0 atom stereocenters. The third-order valence-corrected chi connectivity index (χ3v) is 2.68. The minimum atomic E-state index is -0.183. The Labute approximate surface area is 119 Å². The van der Waals surface area contributed by atoms with Crippen LogP contribution >= 0.6 is 0 Å². The number of methoxy groups -OCH3 is 2. The molecule has 0 saturated heterocycles. The molecule has 0 aliphatic heterocycles. The van der Waals surface area contributed by atoms with E-state index in [1.54, 1.807) is 27.3 Å². The van der Waals surface area contributed by atoms with E-state index in [9.17, 15) is 4.79 Å². The van der Waals surface area contributed by atoms with Crippen LogP contribution in [0, 0.1) is 0 Å². The lowest BCUT2D eigenvalue weighted by atomic mass is 10.2. The minimum Gasteiger partial charge on any atom is -0.493 e. The summed E-state index contributed by atoms with van der Waals surface area (Å²) in [5, 5.41) is 5.74. The highest BCUT2D eigenvalue weighted by molar-refractivity contribution is 5.77. The van der Waals surface area contributed by atoms with Gasteiger partial charge in [0.15, 0.2) is 18.1 Å². The van der Waals surface area contributed by atoms with E-state index in [0.717, 1.165) is 18.7 Å². The zero-order valence-corrected chi connectivity index (χ0v) is 12.2. The number of hydrogen-bond acceptors (Lipinski definition) is 5. The van der Waals surface area contributed by atoms with Crippen molar-refractivity contribution >= 4 is 5.91 Å². The highest BCUT2D eigenvalue weighted by Gasteiger charge is 2.07. The first-order valence-corrected chi connectivity index (χ1v) is 6.41. The van der Waals surface area contributed by atoms with Gasteiger partial charge in [0, 0.05) is 27.2 Å². The maximum Gasteiger partial charge on any atom is 0.257 e. The van der Waals surface area contributed by atoms with Crippen LogP contribution in [0.3, 0.4) is 0 Å². The van der Waals surface area contributed by atoms with Crippen molar-refractivity contribution in [1.82, 2.24) is 10.6 Å². The topological polar surface area (TPSA) is 68.8 Å². The number of rotatable bonds is 9. The monoisotopic (exact) mass is 282 g/mol. The average Bonchev–Trinajstić information content (AvgIpc) is 2.49. The van der Waals surface area contributed by atoms with Crippen molar-refractivity contribution in [2.24, 2.45) is 0 Å². The molecule has 20 heavy (non-hydrogen) atoms. The molecule has 0 saturated carbocycles. The Morgan fingerprint density at radius 1 is 1.25 bits per heavy atom. The van der Waals surface area contributed by atoms with Crippen LogP contribution < -0.4 is 20.1 Å². The first-order valence-electron chi connectivity index (χ1n) is 6.41. The number of nitrogens with one attached hydrogen (secondary N) is 2. The molecule has 0 heterocycles. The first kappa shape index (κ1) is 16.3. The molecule has 1 amide bonds. The minimum absolute atomic E-state index is 0.0295. The van der Waals surface area contributed by atoms with Crippen LogP contribution in [0.5, 0.6) is 11.5 Å². The number of carbonyl (C=O) groups is 1. The SMILES string of the molecule is CNC(=O)COc1ccc(CNCCOC)cc1OC. The molecule has 6 heteroatoms. The van der Waals surface area contributed by atoms with Gasteiger partial charge in [-0.2, -0.15) is 0 Å². The normalized spacial score (nSPS) is 10.2. The van der Waals surface area contributed by atoms with Crippen LogP contribution in [0.25, 0.3) is 0 Å². The van der Waals surface area contributed by atoms with E-state index in [4.69, 9.17) is 14.2 Å². The highest BCUT2D eigenvalue weighted by Crippen LogP contribution is 2.27. The number of hydrogen-bond donors (Lipinski definition) is 2. The quantitative estimate of drug-likeness (QED) is 0.648. The zero-order chi connectivity index (χ0) is 14.8. The van der Waals surface area contributed by atoms with E-state index in [-0.39, 0.29) is 12.5 Å². The Morgan fingerprint density at radius 3 is 2.70 bits per heavy atom. The lowest BCUT2D eigenvalue weighted by molar-refractivity contribution is -0.122. The molecule has 0 unspecified atom stereocenters. The van der Waals surface area contributed by atoms with Crippen molar-refractivity contribution in [1.29, 1.82) is 0 Å². The Kier molecular flexibility index (Phi) is 7.46. The molecule has 0 bridgehead atoms. The summed E-state index contributed by atoms with van der Waals surface area (Å²) < 4.78 is 15.6. The number of carbonyl (C=O) groups excluding carboxylic acids is 1. The lowest BCUT2D eigenvalue weighted by Crippen LogP contribution is -2.25. The third-order valence-electron chi connectivity index (χ3n) is 2.68. The Balaban J connectivity index is 2.58. The molecule has 2 N–H and O–H groups in total. The largest absolute Gasteiger partial charge is 0.493 e. The highest BCUT2D eigenvalue weighted by atomic mass is 16.5. The van der Waals surface area contributed by atoms with Gasteiger partial charge in [0.2, 0.25) is 0 Å². The molecule has 112 valence electrons. The van der Waals surface area contributed by atoms with Crippen molar-refractivity contribution < 1.29 is 19.0 Å². The molecule has 0 fully saturated rings. The fraction of sp³-hybridized carbons (Fsp3) is 0.500. The summed E-state index contributed by atoms with van der Waals surface area (Å²) in [4.78, 5) is 11.2. The molecule has 0 aliphatic rings. The van der Waals surface area contributed by atoms with Crippen LogP contribution in [0.1, 0.15) is 5.56 Å². The molecular formula is C14H22N2O4.